The van der Waals surface area contributed by atoms with Crippen molar-refractivity contribution >= 4 is 17.3 Å². The van der Waals surface area contributed by atoms with Crippen LogP contribution in [0.2, 0.25) is 0 Å². The van der Waals surface area contributed by atoms with E-state index in [4.69, 9.17) is 9.47 Å². The first-order valence-electron chi connectivity index (χ1n) is 11.5. The van der Waals surface area contributed by atoms with Crippen LogP contribution >= 0.6 is 0 Å². The van der Waals surface area contributed by atoms with E-state index in [9.17, 15) is 24.6 Å². The van der Waals surface area contributed by atoms with Gasteiger partial charge in [0.25, 0.3) is 0 Å². The molecule has 2 heterocycles. The van der Waals surface area contributed by atoms with Crippen LogP contribution in [0.15, 0.2) is 58.8 Å². The van der Waals surface area contributed by atoms with Crippen LogP contribution in [0.25, 0.3) is 0 Å². The highest BCUT2D eigenvalue weighted by molar-refractivity contribution is 6.26. The number of hydrogen-bond donors (Lipinski definition) is 2. The number of Topliss-reactive ketones (excluding diaryl/α,β-unsaturated/α-hetero) is 3. The summed E-state index contributed by atoms with van der Waals surface area (Å²) in [4.78, 5) is 38.9. The molecule has 0 saturated heterocycles. The molecule has 2 atom stereocenters. The molecule has 0 saturated carbocycles. The molecule has 35 heavy (non-hydrogen) atoms. The highest BCUT2D eigenvalue weighted by Crippen LogP contribution is 2.59. The Labute approximate surface area is 202 Å². The fourth-order valence-electron chi connectivity index (χ4n) is 5.33. The number of aromatic hydroxyl groups is 1. The summed E-state index contributed by atoms with van der Waals surface area (Å²) < 4.78 is 11.9. The fourth-order valence-corrected chi connectivity index (χ4v) is 5.33. The minimum atomic E-state index is -1.57. The molecule has 0 unspecified atom stereocenters. The third kappa shape index (κ3) is 3.07. The Kier molecular flexibility index (Phi) is 4.95. The first kappa shape index (κ1) is 22.9. The second-order valence-electron chi connectivity index (χ2n) is 9.80. The average Bonchev–Trinajstić information content (AvgIpc) is 3.27. The molecule has 0 spiro atoms. The normalized spacial score (nSPS) is 25.9. The van der Waals surface area contributed by atoms with E-state index in [1.165, 1.54) is 19.9 Å². The van der Waals surface area contributed by atoms with Gasteiger partial charge in [0.05, 0.1) is 5.56 Å². The number of aliphatic hydroxyl groups excluding tert-OH is 1. The molecule has 7 nitrogen and oxygen atoms in total. The number of rotatable bonds is 3. The van der Waals surface area contributed by atoms with Crippen molar-refractivity contribution in [2.75, 3.05) is 0 Å². The lowest BCUT2D eigenvalue weighted by atomic mass is 9.71. The van der Waals surface area contributed by atoms with E-state index < -0.39 is 28.5 Å². The SMILES string of the molecule is C=C(C)[C@@H]1CC=C(/C=C2\Oc3c(C)c(O)c4c(c3C2=O)OC2=CC(O)=C(C(C)=O)C(=O)[C@]24C)CC1. The van der Waals surface area contributed by atoms with Gasteiger partial charge in [-0.2, -0.15) is 0 Å². The largest absolute Gasteiger partial charge is 0.507 e. The number of carbonyl (C=O) groups excluding carboxylic acids is 3. The molecule has 0 amide bonds. The first-order chi connectivity index (χ1) is 16.5. The van der Waals surface area contributed by atoms with E-state index >= 15 is 0 Å². The van der Waals surface area contributed by atoms with Crippen molar-refractivity contribution in [2.45, 2.75) is 52.4 Å². The highest BCUT2D eigenvalue weighted by Gasteiger charge is 2.56. The van der Waals surface area contributed by atoms with E-state index in [-0.39, 0.29) is 51.0 Å². The lowest BCUT2D eigenvalue weighted by molar-refractivity contribution is -0.123. The predicted octanol–water partition coefficient (Wildman–Crippen LogP) is 4.98. The van der Waals surface area contributed by atoms with Crippen molar-refractivity contribution in [3.63, 3.8) is 0 Å². The van der Waals surface area contributed by atoms with E-state index in [1.807, 2.05) is 6.92 Å². The first-order valence-corrected chi connectivity index (χ1v) is 11.5. The summed E-state index contributed by atoms with van der Waals surface area (Å²) in [6.45, 7) is 10.3. The Morgan fingerprint density at radius 3 is 2.51 bits per heavy atom. The molecule has 0 fully saturated rings. The van der Waals surface area contributed by atoms with Crippen molar-refractivity contribution < 1.29 is 34.1 Å². The minimum absolute atomic E-state index is 0.0103. The number of allylic oxidation sites excluding steroid dienone is 8. The highest BCUT2D eigenvalue weighted by atomic mass is 16.5. The molecular weight excluding hydrogens is 448 g/mol. The van der Waals surface area contributed by atoms with Crippen molar-refractivity contribution in [2.24, 2.45) is 5.92 Å². The van der Waals surface area contributed by atoms with E-state index in [0.29, 0.717) is 5.92 Å². The number of fused-ring (bicyclic) bond motifs is 5. The maximum atomic E-state index is 13.5. The third-order valence-corrected chi connectivity index (χ3v) is 7.50. The van der Waals surface area contributed by atoms with Gasteiger partial charge in [-0.3, -0.25) is 14.4 Å². The Morgan fingerprint density at radius 2 is 1.91 bits per heavy atom. The van der Waals surface area contributed by atoms with Crippen LogP contribution in [0.1, 0.15) is 61.5 Å². The second-order valence-corrected chi connectivity index (χ2v) is 9.80. The van der Waals surface area contributed by atoms with Crippen LogP contribution in [0.4, 0.5) is 0 Å². The maximum absolute atomic E-state index is 13.5. The Balaban J connectivity index is 1.61. The van der Waals surface area contributed by atoms with Crippen LogP contribution in [0.3, 0.4) is 0 Å². The van der Waals surface area contributed by atoms with Gasteiger partial charge in [0.2, 0.25) is 5.78 Å². The van der Waals surface area contributed by atoms with Gasteiger partial charge in [-0.25, -0.2) is 0 Å². The standard InChI is InChI=1S/C28H26O7/c1-12(2)16-8-6-15(7-9-16)10-18-24(32)21-25(34-18)13(3)23(31)22-26(21)35-19-11-17(30)20(14(4)29)27(33)28(19,22)5/h6,10-11,16,30-31H,1,7-9H2,2-5H3/b18-10-/t16-,28-/m1/s1. The molecular formula is C28H26O7. The molecule has 1 aromatic carbocycles. The third-order valence-electron chi connectivity index (χ3n) is 7.50. The van der Waals surface area contributed by atoms with E-state index in [0.717, 1.165) is 30.4 Å². The van der Waals surface area contributed by atoms with Crippen LogP contribution in [0.5, 0.6) is 17.2 Å². The van der Waals surface area contributed by atoms with Gasteiger partial charge in [0.15, 0.2) is 23.1 Å². The quantitative estimate of drug-likeness (QED) is 0.361. The van der Waals surface area contributed by atoms with Gasteiger partial charge in [-0.15, -0.1) is 0 Å². The molecule has 1 aromatic rings. The number of ketones is 3. The summed E-state index contributed by atoms with van der Waals surface area (Å²) in [5.41, 5.74) is 0.684. The topological polar surface area (TPSA) is 110 Å². The Morgan fingerprint density at radius 1 is 1.20 bits per heavy atom. The summed E-state index contributed by atoms with van der Waals surface area (Å²) in [6.07, 6.45) is 7.56. The zero-order valence-corrected chi connectivity index (χ0v) is 20.1. The average molecular weight is 475 g/mol. The predicted molar refractivity (Wildman–Crippen MR) is 128 cm³/mol. The molecule has 2 N–H and O–H groups in total. The number of phenols is 1. The van der Waals surface area contributed by atoms with Crippen molar-refractivity contribution in [3.8, 4) is 17.2 Å². The zero-order chi connectivity index (χ0) is 25.4. The number of carbonyl (C=O) groups is 3. The fraction of sp³-hybridized carbons (Fsp3) is 0.321. The molecule has 4 aliphatic rings. The van der Waals surface area contributed by atoms with Crippen molar-refractivity contribution in [1.29, 1.82) is 0 Å². The van der Waals surface area contributed by atoms with Gasteiger partial charge in [0.1, 0.15) is 39.6 Å². The van der Waals surface area contributed by atoms with E-state index in [1.54, 1.807) is 13.0 Å². The molecule has 2 aliphatic carbocycles. The van der Waals surface area contributed by atoms with Crippen molar-refractivity contribution in [3.05, 3.63) is 75.5 Å². The second kappa shape index (κ2) is 7.57. The lowest BCUT2D eigenvalue weighted by Gasteiger charge is -2.27. The number of ether oxygens (including phenoxy) is 2. The van der Waals surface area contributed by atoms with Gasteiger partial charge in [-0.1, -0.05) is 18.2 Å². The van der Waals surface area contributed by atoms with Gasteiger partial charge >= 0.3 is 0 Å². The minimum Gasteiger partial charge on any atom is -0.507 e. The lowest BCUT2D eigenvalue weighted by Crippen LogP contribution is -2.38. The zero-order valence-electron chi connectivity index (χ0n) is 20.1. The monoisotopic (exact) mass is 474 g/mol. The van der Waals surface area contributed by atoms with Crippen LogP contribution < -0.4 is 9.47 Å². The van der Waals surface area contributed by atoms with Crippen molar-refractivity contribution in [1.82, 2.24) is 0 Å². The Hall–Kier alpha value is -3.87. The molecule has 0 bridgehead atoms. The summed E-state index contributed by atoms with van der Waals surface area (Å²) in [5.74, 6) is -1.71. The molecule has 180 valence electrons. The molecule has 2 aliphatic heterocycles. The smallest absolute Gasteiger partial charge is 0.235 e. The number of aliphatic hydroxyl groups is 1. The summed E-state index contributed by atoms with van der Waals surface area (Å²) in [5, 5.41) is 21.4. The summed E-state index contributed by atoms with van der Waals surface area (Å²) in [6, 6.07) is 0. The molecule has 7 heteroatoms. The molecule has 0 radical (unpaired) electrons. The molecule has 0 aromatic heterocycles. The van der Waals surface area contributed by atoms with Crippen LogP contribution in [-0.2, 0) is 15.0 Å². The summed E-state index contributed by atoms with van der Waals surface area (Å²) in [7, 11) is 0. The molecule has 5 rings (SSSR count). The number of benzene rings is 1. The Bertz CT molecular complexity index is 1400. The van der Waals surface area contributed by atoms with Gasteiger partial charge in [-0.05, 0) is 64.5 Å². The van der Waals surface area contributed by atoms with Gasteiger partial charge in [0, 0.05) is 11.6 Å². The maximum Gasteiger partial charge on any atom is 0.235 e. The van der Waals surface area contributed by atoms with E-state index in [2.05, 4.69) is 12.7 Å². The summed E-state index contributed by atoms with van der Waals surface area (Å²) >= 11 is 0. The van der Waals surface area contributed by atoms with Crippen LogP contribution in [-0.4, -0.2) is 27.6 Å². The van der Waals surface area contributed by atoms with Gasteiger partial charge < -0.3 is 19.7 Å². The van der Waals surface area contributed by atoms with Crippen LogP contribution in [0, 0.1) is 12.8 Å². The number of hydrogen-bond acceptors (Lipinski definition) is 7. The number of phenolic OH excluding ortho intramolecular Hbond substituents is 1.